The zero-order valence-corrected chi connectivity index (χ0v) is 5.93. The fourth-order valence-electron chi connectivity index (χ4n) is 0.566. The lowest BCUT2D eigenvalue weighted by Crippen LogP contribution is -3.00. The van der Waals surface area contributed by atoms with Crippen LogP contribution in [0, 0.1) is 0 Å². The van der Waals surface area contributed by atoms with E-state index in [1.807, 2.05) is 0 Å². The maximum absolute atomic E-state index is 10.1. The molecule has 0 aliphatic carbocycles. The average Bonchev–Trinajstić information content (AvgIpc) is 1.89. The number of nitrogens with two attached hydrogens (primary N) is 1. The third kappa shape index (κ3) is 1.70. The summed E-state index contributed by atoms with van der Waals surface area (Å²) in [4.78, 5) is 12.8. The van der Waals surface area contributed by atoms with Gasteiger partial charge in [0.15, 0.2) is 6.29 Å². The normalized spacial score (nSPS) is 8.00. The van der Waals surface area contributed by atoms with E-state index in [1.54, 1.807) is 18.3 Å². The summed E-state index contributed by atoms with van der Waals surface area (Å²) in [5.41, 5.74) is 5.84. The van der Waals surface area contributed by atoms with Crippen molar-refractivity contribution in [2.24, 2.45) is 0 Å². The first-order valence-electron chi connectivity index (χ1n) is 2.56. The second-order valence-electron chi connectivity index (χ2n) is 1.66. The Labute approximate surface area is 64.7 Å². The number of hydrogen-bond donors (Lipinski definition) is 1. The van der Waals surface area contributed by atoms with Gasteiger partial charge in [0.2, 0.25) is 0 Å². The number of aromatic amines is 1. The van der Waals surface area contributed by atoms with Gasteiger partial charge < -0.3 is 12.4 Å². The van der Waals surface area contributed by atoms with E-state index in [0.29, 0.717) is 17.7 Å². The Balaban J connectivity index is 0.000000810. The summed E-state index contributed by atoms with van der Waals surface area (Å²) >= 11 is 0. The van der Waals surface area contributed by atoms with Crippen LogP contribution in [0.3, 0.4) is 0 Å². The molecule has 1 aromatic rings. The molecule has 0 aromatic carbocycles. The van der Waals surface area contributed by atoms with Gasteiger partial charge in [0.05, 0.1) is 6.20 Å². The Morgan fingerprint density at radius 3 is 2.70 bits per heavy atom. The lowest BCUT2D eigenvalue weighted by Gasteiger charge is -1.85. The molecule has 0 aliphatic rings. The lowest BCUT2D eigenvalue weighted by atomic mass is 10.3. The molecule has 0 saturated carbocycles. The number of aromatic nitrogens is 1. The summed E-state index contributed by atoms with van der Waals surface area (Å²) in [5.74, 6) is 0.410. The van der Waals surface area contributed by atoms with Crippen LogP contribution in [0.25, 0.3) is 0 Å². The van der Waals surface area contributed by atoms with Crippen molar-refractivity contribution in [1.29, 1.82) is 0 Å². The molecule has 4 heteroatoms. The summed E-state index contributed by atoms with van der Waals surface area (Å²) in [7, 11) is 0. The smallest absolute Gasteiger partial charge is 0.280 e. The van der Waals surface area contributed by atoms with E-state index in [1.165, 1.54) is 0 Å². The predicted octanol–water partition coefficient (Wildman–Crippen LogP) is -3.10. The molecule has 1 rings (SSSR count). The number of rotatable bonds is 1. The summed E-state index contributed by atoms with van der Waals surface area (Å²) in [5, 5.41) is 0. The van der Waals surface area contributed by atoms with Gasteiger partial charge in [-0.3, -0.25) is 10.5 Å². The summed E-state index contributed by atoms with van der Waals surface area (Å²) < 4.78 is 0. The molecular weight excluding hydrogens is 152 g/mol. The Kier molecular flexibility index (Phi) is 3.43. The minimum absolute atomic E-state index is 0. The van der Waals surface area contributed by atoms with E-state index in [0.717, 1.165) is 0 Å². The minimum atomic E-state index is 0. The molecule has 0 spiro atoms. The maximum atomic E-state index is 10.1. The molecule has 0 amide bonds. The van der Waals surface area contributed by atoms with Gasteiger partial charge in [-0.15, -0.1) is 0 Å². The quantitative estimate of drug-likeness (QED) is 0.441. The topological polar surface area (TPSA) is 57.2 Å². The van der Waals surface area contributed by atoms with Crippen LogP contribution in [0.2, 0.25) is 0 Å². The highest BCUT2D eigenvalue weighted by molar-refractivity contribution is 5.79. The molecule has 0 bridgehead atoms. The van der Waals surface area contributed by atoms with E-state index in [4.69, 9.17) is 5.73 Å². The van der Waals surface area contributed by atoms with Crippen molar-refractivity contribution in [1.82, 2.24) is 0 Å². The number of carbonyl (C=O) groups is 1. The lowest BCUT2D eigenvalue weighted by molar-refractivity contribution is -0.360. The van der Waals surface area contributed by atoms with Crippen molar-refractivity contribution in [3.05, 3.63) is 23.9 Å². The summed E-state index contributed by atoms with van der Waals surface area (Å²) in [6.45, 7) is 0. The van der Waals surface area contributed by atoms with Gasteiger partial charge in [0.1, 0.15) is 5.56 Å². The molecule has 0 aliphatic heterocycles. The van der Waals surface area contributed by atoms with Gasteiger partial charge >= 0.3 is 0 Å². The average molecular weight is 159 g/mol. The van der Waals surface area contributed by atoms with E-state index < -0.39 is 0 Å². The maximum Gasteiger partial charge on any atom is 0.280 e. The van der Waals surface area contributed by atoms with Crippen LogP contribution in [0.4, 0.5) is 5.82 Å². The van der Waals surface area contributed by atoms with Crippen molar-refractivity contribution < 1.29 is 22.2 Å². The number of aldehydes is 1. The molecule has 54 valence electrons. The highest BCUT2D eigenvalue weighted by Crippen LogP contribution is 1.96. The van der Waals surface area contributed by atoms with Crippen molar-refractivity contribution in [2.75, 3.05) is 5.73 Å². The SMILES string of the molecule is Nc1[nH+]cccc1C=O.[Cl-]. The number of nitrogens with one attached hydrogen (secondary N) is 1. The highest BCUT2D eigenvalue weighted by Gasteiger charge is 1.98. The Hall–Kier alpha value is -1.09. The van der Waals surface area contributed by atoms with Crippen molar-refractivity contribution in [3.8, 4) is 0 Å². The Bertz CT molecular complexity index is 227. The minimum Gasteiger partial charge on any atom is -1.00 e. The summed E-state index contributed by atoms with van der Waals surface area (Å²) in [6, 6.07) is 3.37. The number of anilines is 1. The molecule has 0 atom stereocenters. The molecule has 3 nitrogen and oxygen atoms in total. The first-order valence-corrected chi connectivity index (χ1v) is 2.56. The fraction of sp³-hybridized carbons (Fsp3) is 0. The van der Waals surface area contributed by atoms with Gasteiger partial charge in [-0.05, 0) is 12.1 Å². The standard InChI is InChI=1S/C6H6N2O.ClH/c7-6-5(4-9)2-1-3-8-6;/h1-4H,(H2,7,8);1H. The molecule has 1 heterocycles. The van der Waals surface area contributed by atoms with Crippen LogP contribution in [0.15, 0.2) is 18.3 Å². The molecule has 0 unspecified atom stereocenters. The van der Waals surface area contributed by atoms with E-state index in [-0.39, 0.29) is 12.4 Å². The van der Waals surface area contributed by atoms with Crippen LogP contribution in [0.1, 0.15) is 10.4 Å². The third-order valence-electron chi connectivity index (χ3n) is 1.05. The third-order valence-corrected chi connectivity index (χ3v) is 1.05. The molecular formula is C6H7ClN2O. The molecule has 0 radical (unpaired) electrons. The Morgan fingerprint density at radius 2 is 2.30 bits per heavy atom. The number of carbonyl (C=O) groups excluding carboxylic acids is 1. The van der Waals surface area contributed by atoms with Crippen LogP contribution in [-0.4, -0.2) is 6.29 Å². The zero-order valence-electron chi connectivity index (χ0n) is 5.17. The molecule has 0 saturated heterocycles. The first-order chi connectivity index (χ1) is 4.34. The van der Waals surface area contributed by atoms with E-state index >= 15 is 0 Å². The largest absolute Gasteiger partial charge is 1.00 e. The van der Waals surface area contributed by atoms with Gasteiger partial charge in [-0.1, -0.05) is 0 Å². The van der Waals surface area contributed by atoms with E-state index in [9.17, 15) is 4.79 Å². The van der Waals surface area contributed by atoms with Crippen LogP contribution in [-0.2, 0) is 0 Å². The van der Waals surface area contributed by atoms with Gasteiger partial charge in [-0.25, -0.2) is 4.98 Å². The van der Waals surface area contributed by atoms with Crippen LogP contribution >= 0.6 is 0 Å². The van der Waals surface area contributed by atoms with Gasteiger partial charge in [-0.2, -0.15) is 0 Å². The molecule has 1 aromatic heterocycles. The van der Waals surface area contributed by atoms with Crippen molar-refractivity contribution in [3.63, 3.8) is 0 Å². The number of H-pyrrole nitrogens is 1. The number of halogens is 1. The monoisotopic (exact) mass is 158 g/mol. The second kappa shape index (κ2) is 3.85. The molecule has 10 heavy (non-hydrogen) atoms. The van der Waals surface area contributed by atoms with E-state index in [2.05, 4.69) is 4.98 Å². The zero-order chi connectivity index (χ0) is 6.69. The predicted molar refractivity (Wildman–Crippen MR) is 32.8 cm³/mol. The number of pyridine rings is 1. The highest BCUT2D eigenvalue weighted by atomic mass is 35.5. The van der Waals surface area contributed by atoms with Gasteiger partial charge in [0, 0.05) is 0 Å². The molecule has 0 fully saturated rings. The van der Waals surface area contributed by atoms with Crippen LogP contribution in [0.5, 0.6) is 0 Å². The fourth-order valence-corrected chi connectivity index (χ4v) is 0.566. The number of nitrogen functional groups attached to an aromatic ring is 1. The number of hydrogen-bond acceptors (Lipinski definition) is 2. The van der Waals surface area contributed by atoms with Gasteiger partial charge in [0.25, 0.3) is 5.82 Å². The van der Waals surface area contributed by atoms with Crippen molar-refractivity contribution in [2.45, 2.75) is 0 Å². The van der Waals surface area contributed by atoms with Crippen molar-refractivity contribution >= 4 is 12.1 Å². The summed E-state index contributed by atoms with van der Waals surface area (Å²) in [6.07, 6.45) is 2.38. The second-order valence-corrected chi connectivity index (χ2v) is 1.66. The van der Waals surface area contributed by atoms with Crippen LogP contribution < -0.4 is 23.1 Å². The Morgan fingerprint density at radius 1 is 1.60 bits per heavy atom. The first kappa shape index (κ1) is 8.91. The molecule has 3 N–H and O–H groups in total.